The highest BCUT2D eigenvalue weighted by Crippen LogP contribution is 2.16. The van der Waals surface area contributed by atoms with Crippen LogP contribution in [0, 0.1) is 17.7 Å². The van der Waals surface area contributed by atoms with Crippen molar-refractivity contribution in [3.05, 3.63) is 44.5 Å². The van der Waals surface area contributed by atoms with E-state index in [0.29, 0.717) is 18.5 Å². The number of benzene rings is 1. The molecule has 0 saturated heterocycles. The topological polar surface area (TPSA) is 48.8 Å². The van der Waals surface area contributed by atoms with Gasteiger partial charge in [0.15, 0.2) is 0 Å². The molecule has 76 valence electrons. The lowest BCUT2D eigenvalue weighted by Crippen LogP contribution is -1.81. The lowest BCUT2D eigenvalue weighted by Gasteiger charge is -1.94. The van der Waals surface area contributed by atoms with Crippen molar-refractivity contribution in [2.45, 2.75) is 6.42 Å². The zero-order valence-electron chi connectivity index (χ0n) is 7.74. The Balaban J connectivity index is 2.70. The van der Waals surface area contributed by atoms with Crippen LogP contribution in [-0.4, -0.2) is 6.54 Å². The fourth-order valence-electron chi connectivity index (χ4n) is 0.902. The molecular weight excluding hydrogens is 261 g/mol. The maximum atomic E-state index is 12.8. The first-order valence-electron chi connectivity index (χ1n) is 4.19. The molecule has 3 nitrogen and oxygen atoms in total. The lowest BCUT2D eigenvalue weighted by atomic mass is 10.2. The fourth-order valence-corrected chi connectivity index (χ4v) is 1.25. The van der Waals surface area contributed by atoms with Gasteiger partial charge < -0.3 is 0 Å². The van der Waals surface area contributed by atoms with Crippen LogP contribution in [0.1, 0.15) is 12.0 Å². The molecule has 0 amide bonds. The van der Waals surface area contributed by atoms with Gasteiger partial charge in [-0.3, -0.25) is 0 Å². The Hall–Kier alpha value is -1.50. The number of rotatable bonds is 2. The van der Waals surface area contributed by atoms with Gasteiger partial charge in [-0.05, 0) is 39.7 Å². The monoisotopic (exact) mass is 267 g/mol. The molecule has 0 unspecified atom stereocenters. The first kappa shape index (κ1) is 11.6. The molecule has 15 heavy (non-hydrogen) atoms. The van der Waals surface area contributed by atoms with Gasteiger partial charge in [-0.1, -0.05) is 17.0 Å². The molecule has 0 N–H and O–H groups in total. The molecule has 0 atom stereocenters. The molecule has 0 bridgehead atoms. The number of azide groups is 1. The zero-order valence-corrected chi connectivity index (χ0v) is 9.33. The normalized spacial score (nSPS) is 8.67. The van der Waals surface area contributed by atoms with Crippen molar-refractivity contribution in [2.75, 3.05) is 6.54 Å². The molecule has 0 heterocycles. The molecule has 0 aliphatic rings. The van der Waals surface area contributed by atoms with Crippen molar-refractivity contribution in [1.82, 2.24) is 0 Å². The molecule has 0 aliphatic heterocycles. The van der Waals surface area contributed by atoms with Gasteiger partial charge in [0, 0.05) is 27.9 Å². The van der Waals surface area contributed by atoms with Crippen molar-refractivity contribution < 1.29 is 4.39 Å². The van der Waals surface area contributed by atoms with Crippen LogP contribution in [0.25, 0.3) is 10.4 Å². The Labute approximate surface area is 95.1 Å². The van der Waals surface area contributed by atoms with E-state index in [1.807, 2.05) is 0 Å². The number of hydrogen-bond donors (Lipinski definition) is 0. The van der Waals surface area contributed by atoms with E-state index in [9.17, 15) is 4.39 Å². The Kier molecular flexibility index (Phi) is 4.69. The van der Waals surface area contributed by atoms with Crippen LogP contribution < -0.4 is 0 Å². The smallest absolute Gasteiger partial charge is 0.124 e. The molecule has 0 aromatic heterocycles. The summed E-state index contributed by atoms with van der Waals surface area (Å²) in [5, 5.41) is 3.34. The number of nitrogens with zero attached hydrogens (tertiary/aromatic N) is 3. The Morgan fingerprint density at radius 1 is 1.53 bits per heavy atom. The second kappa shape index (κ2) is 6.07. The molecule has 0 fully saturated rings. The van der Waals surface area contributed by atoms with Gasteiger partial charge >= 0.3 is 0 Å². The molecule has 0 saturated carbocycles. The van der Waals surface area contributed by atoms with Crippen molar-refractivity contribution in [3.8, 4) is 11.8 Å². The van der Waals surface area contributed by atoms with Gasteiger partial charge in [-0.15, -0.1) is 0 Å². The molecule has 0 aliphatic carbocycles. The Morgan fingerprint density at radius 2 is 2.33 bits per heavy atom. The minimum Gasteiger partial charge on any atom is -0.207 e. The van der Waals surface area contributed by atoms with Gasteiger partial charge in [0.05, 0.1) is 0 Å². The quantitative estimate of drug-likeness (QED) is 0.258. The fraction of sp³-hybridized carbons (Fsp3) is 0.200. The summed E-state index contributed by atoms with van der Waals surface area (Å²) in [5.41, 5.74) is 8.61. The van der Waals surface area contributed by atoms with E-state index in [0.717, 1.165) is 4.47 Å². The molecular formula is C10H7BrFN3. The molecule has 1 rings (SSSR count). The number of hydrogen-bond acceptors (Lipinski definition) is 1. The summed E-state index contributed by atoms with van der Waals surface area (Å²) in [6, 6.07) is 4.31. The van der Waals surface area contributed by atoms with E-state index in [2.05, 4.69) is 37.8 Å². The summed E-state index contributed by atoms with van der Waals surface area (Å²) >= 11 is 3.26. The summed E-state index contributed by atoms with van der Waals surface area (Å²) in [5.74, 6) is 5.26. The molecule has 1 aromatic rings. The van der Waals surface area contributed by atoms with Crippen molar-refractivity contribution in [3.63, 3.8) is 0 Å². The average molecular weight is 268 g/mol. The minimum absolute atomic E-state index is 0.322. The SMILES string of the molecule is [N-]=[N+]=NCCC#Cc1cc(F)ccc1Br. The van der Waals surface area contributed by atoms with E-state index < -0.39 is 0 Å². The van der Waals surface area contributed by atoms with Crippen molar-refractivity contribution in [1.29, 1.82) is 0 Å². The highest BCUT2D eigenvalue weighted by Gasteiger charge is 1.97. The van der Waals surface area contributed by atoms with Crippen molar-refractivity contribution >= 4 is 15.9 Å². The maximum Gasteiger partial charge on any atom is 0.124 e. The molecule has 1 aromatic carbocycles. The van der Waals surface area contributed by atoms with Crippen LogP contribution in [0.3, 0.4) is 0 Å². The van der Waals surface area contributed by atoms with E-state index in [-0.39, 0.29) is 5.82 Å². The first-order chi connectivity index (χ1) is 7.24. The summed E-state index contributed by atoms with van der Waals surface area (Å²) in [4.78, 5) is 2.60. The Morgan fingerprint density at radius 3 is 3.07 bits per heavy atom. The summed E-state index contributed by atoms with van der Waals surface area (Å²) in [6.07, 6.45) is 0.465. The third-order valence-corrected chi connectivity index (χ3v) is 2.24. The third-order valence-electron chi connectivity index (χ3n) is 1.55. The largest absolute Gasteiger partial charge is 0.207 e. The van der Waals surface area contributed by atoms with Crippen LogP contribution in [-0.2, 0) is 0 Å². The van der Waals surface area contributed by atoms with Crippen LogP contribution >= 0.6 is 15.9 Å². The number of halogens is 2. The van der Waals surface area contributed by atoms with Gasteiger partial charge in [0.2, 0.25) is 0 Å². The van der Waals surface area contributed by atoms with E-state index in [1.54, 1.807) is 6.07 Å². The van der Waals surface area contributed by atoms with E-state index in [4.69, 9.17) is 5.53 Å². The summed E-state index contributed by atoms with van der Waals surface area (Å²) in [6.45, 7) is 0.330. The van der Waals surface area contributed by atoms with Gasteiger partial charge in [0.1, 0.15) is 5.82 Å². The predicted octanol–water partition coefficient (Wildman–Crippen LogP) is 3.64. The van der Waals surface area contributed by atoms with E-state index in [1.165, 1.54) is 12.1 Å². The second-order valence-electron chi connectivity index (χ2n) is 2.63. The van der Waals surface area contributed by atoms with Gasteiger partial charge in [-0.25, -0.2) is 4.39 Å². The Bertz CT molecular complexity index is 455. The summed E-state index contributed by atoms with van der Waals surface area (Å²) in [7, 11) is 0. The second-order valence-corrected chi connectivity index (χ2v) is 3.48. The lowest BCUT2D eigenvalue weighted by molar-refractivity contribution is 0.627. The average Bonchev–Trinajstić information content (AvgIpc) is 2.23. The molecule has 5 heteroatoms. The van der Waals surface area contributed by atoms with Crippen molar-refractivity contribution in [2.24, 2.45) is 5.11 Å². The summed E-state index contributed by atoms with van der Waals surface area (Å²) < 4.78 is 13.6. The first-order valence-corrected chi connectivity index (χ1v) is 4.98. The highest BCUT2D eigenvalue weighted by molar-refractivity contribution is 9.10. The maximum absolute atomic E-state index is 12.8. The predicted molar refractivity (Wildman–Crippen MR) is 59.6 cm³/mol. The zero-order chi connectivity index (χ0) is 11.1. The highest BCUT2D eigenvalue weighted by atomic mass is 79.9. The van der Waals surface area contributed by atoms with Crippen LogP contribution in [0.5, 0.6) is 0 Å². The van der Waals surface area contributed by atoms with Gasteiger partial charge in [-0.2, -0.15) is 0 Å². The standard InChI is InChI=1S/C10H7BrFN3/c11-10-5-4-9(12)7-8(10)3-1-2-6-14-15-13/h4-5,7H,2,6H2. The van der Waals surface area contributed by atoms with Crippen LogP contribution in [0.4, 0.5) is 4.39 Å². The van der Waals surface area contributed by atoms with Gasteiger partial charge in [0.25, 0.3) is 0 Å². The van der Waals surface area contributed by atoms with E-state index >= 15 is 0 Å². The minimum atomic E-state index is -0.322. The van der Waals surface area contributed by atoms with Crippen LogP contribution in [0.2, 0.25) is 0 Å². The molecule has 0 spiro atoms. The van der Waals surface area contributed by atoms with Crippen LogP contribution in [0.15, 0.2) is 27.8 Å². The molecule has 0 radical (unpaired) electrons. The third kappa shape index (κ3) is 4.03.